The Morgan fingerprint density at radius 3 is 1.33 bits per heavy atom. The Bertz CT molecular complexity index is 181. The second kappa shape index (κ2) is 8.30. The molecule has 0 unspecified atom stereocenters. The average Bonchev–Trinajstić information content (AvgIpc) is 2.15. The molecule has 0 radical (unpaired) electrons. The van der Waals surface area contributed by atoms with Gasteiger partial charge in [0.2, 0.25) is 0 Å². The van der Waals surface area contributed by atoms with E-state index in [0.717, 1.165) is 0 Å². The van der Waals surface area contributed by atoms with Gasteiger partial charge in [0.25, 0.3) is 0 Å². The summed E-state index contributed by atoms with van der Waals surface area (Å²) in [6.07, 6.45) is 0. The van der Waals surface area contributed by atoms with Crippen LogP contribution in [0.2, 0.25) is 0 Å². The molecule has 0 saturated carbocycles. The molecular formula is C8H17NO6. The number of nitrogens with two attached hydrogens (primary N) is 1. The molecule has 0 aliphatic carbocycles. The zero-order valence-electron chi connectivity index (χ0n) is 8.77. The molecule has 7 heteroatoms. The second-order valence-corrected chi connectivity index (χ2v) is 2.92. The van der Waals surface area contributed by atoms with Crippen LogP contribution in [0.1, 0.15) is 13.8 Å². The molecule has 7 nitrogen and oxygen atoms in total. The summed E-state index contributed by atoms with van der Waals surface area (Å²) in [6, 6.07) is 0. The fourth-order valence-corrected chi connectivity index (χ4v) is 0.352. The maximum Gasteiger partial charge on any atom is 0.310 e. The van der Waals surface area contributed by atoms with Crippen LogP contribution in [0.3, 0.4) is 0 Å². The minimum Gasteiger partial charge on any atom is -0.394 e. The van der Waals surface area contributed by atoms with Crippen LogP contribution >= 0.6 is 0 Å². The second-order valence-electron chi connectivity index (χ2n) is 2.92. The van der Waals surface area contributed by atoms with Gasteiger partial charge in [0.15, 0.2) is 0 Å². The highest BCUT2D eigenvalue weighted by Gasteiger charge is 2.20. The molecule has 0 amide bonds. The van der Waals surface area contributed by atoms with Crippen molar-refractivity contribution in [3.8, 4) is 0 Å². The first kappa shape index (κ1) is 16.4. The molecule has 0 rings (SSSR count). The molecule has 5 N–H and O–H groups in total. The van der Waals surface area contributed by atoms with E-state index < -0.39 is 37.3 Å². The van der Waals surface area contributed by atoms with E-state index in [-0.39, 0.29) is 0 Å². The minimum absolute atomic E-state index is 0.403. The lowest BCUT2D eigenvalue weighted by Gasteiger charge is -2.20. The molecule has 0 aromatic heterocycles. The van der Waals surface area contributed by atoms with Crippen LogP contribution in [-0.2, 0) is 14.3 Å². The van der Waals surface area contributed by atoms with Gasteiger partial charge in [-0.15, -0.1) is 0 Å². The summed E-state index contributed by atoms with van der Waals surface area (Å²) in [7, 11) is 0. The van der Waals surface area contributed by atoms with Gasteiger partial charge in [0, 0.05) is 13.8 Å². The van der Waals surface area contributed by atoms with Gasteiger partial charge >= 0.3 is 11.9 Å². The third kappa shape index (κ3) is 10.9. The molecular weight excluding hydrogens is 206 g/mol. The maximum absolute atomic E-state index is 9.81. The Morgan fingerprint density at radius 1 is 1.07 bits per heavy atom. The van der Waals surface area contributed by atoms with E-state index in [2.05, 4.69) is 4.74 Å². The third-order valence-electron chi connectivity index (χ3n) is 1.23. The monoisotopic (exact) mass is 223 g/mol. The number of ether oxygens (including phenoxy) is 1. The van der Waals surface area contributed by atoms with E-state index >= 15 is 0 Å². The molecule has 0 bridgehead atoms. The van der Waals surface area contributed by atoms with Gasteiger partial charge in [-0.3, -0.25) is 9.59 Å². The molecule has 0 saturated heterocycles. The topological polar surface area (TPSA) is 130 Å². The Morgan fingerprint density at radius 2 is 1.33 bits per heavy atom. The number of esters is 2. The zero-order chi connectivity index (χ0) is 12.5. The molecule has 0 heterocycles. The third-order valence-corrected chi connectivity index (χ3v) is 1.23. The molecule has 0 fully saturated rings. The molecule has 0 aromatic rings. The van der Waals surface area contributed by atoms with Crippen molar-refractivity contribution >= 4 is 11.9 Å². The Balaban J connectivity index is 0. The molecule has 0 spiro atoms. The smallest absolute Gasteiger partial charge is 0.310 e. The van der Waals surface area contributed by atoms with Crippen molar-refractivity contribution in [2.75, 3.05) is 19.8 Å². The SMILES string of the molecule is CC(=O)OC(C)=O.NC(CO)(CO)CO. The summed E-state index contributed by atoms with van der Waals surface area (Å²) >= 11 is 0. The summed E-state index contributed by atoms with van der Waals surface area (Å²) in [4.78, 5) is 19.6. The van der Waals surface area contributed by atoms with E-state index in [1.54, 1.807) is 0 Å². The van der Waals surface area contributed by atoms with Crippen LogP contribution in [0.5, 0.6) is 0 Å². The van der Waals surface area contributed by atoms with Gasteiger partial charge < -0.3 is 25.8 Å². The quantitative estimate of drug-likeness (QED) is 0.314. The number of hydrogen-bond acceptors (Lipinski definition) is 7. The largest absolute Gasteiger partial charge is 0.394 e. The molecule has 0 aliphatic rings. The van der Waals surface area contributed by atoms with E-state index in [0.29, 0.717) is 0 Å². The fourth-order valence-electron chi connectivity index (χ4n) is 0.352. The van der Waals surface area contributed by atoms with Crippen LogP contribution in [0.25, 0.3) is 0 Å². The highest BCUT2D eigenvalue weighted by Crippen LogP contribution is 1.93. The summed E-state index contributed by atoms with van der Waals surface area (Å²) in [5.41, 5.74) is 3.94. The first-order valence-corrected chi connectivity index (χ1v) is 4.11. The summed E-state index contributed by atoms with van der Waals surface area (Å²) < 4.78 is 3.97. The van der Waals surface area contributed by atoms with Crippen molar-refractivity contribution in [2.45, 2.75) is 19.4 Å². The number of aliphatic hydroxyl groups is 3. The van der Waals surface area contributed by atoms with Crippen molar-refractivity contribution in [2.24, 2.45) is 5.73 Å². The predicted molar refractivity (Wildman–Crippen MR) is 50.6 cm³/mol. The lowest BCUT2D eigenvalue weighted by Crippen LogP contribution is -2.50. The number of hydrogen-bond donors (Lipinski definition) is 4. The van der Waals surface area contributed by atoms with Crippen molar-refractivity contribution in [3.63, 3.8) is 0 Å². The van der Waals surface area contributed by atoms with Crippen LogP contribution in [0.4, 0.5) is 0 Å². The van der Waals surface area contributed by atoms with Crippen molar-refractivity contribution in [1.29, 1.82) is 0 Å². The van der Waals surface area contributed by atoms with Crippen molar-refractivity contribution < 1.29 is 29.6 Å². The molecule has 0 aliphatic heterocycles. The van der Waals surface area contributed by atoms with Crippen molar-refractivity contribution in [1.82, 2.24) is 0 Å². The van der Waals surface area contributed by atoms with E-state index in [1.165, 1.54) is 13.8 Å². The summed E-state index contributed by atoms with van der Waals surface area (Å²) in [6.45, 7) is 1.16. The fraction of sp³-hybridized carbons (Fsp3) is 0.750. The Labute approximate surface area is 87.5 Å². The van der Waals surface area contributed by atoms with E-state index in [4.69, 9.17) is 21.1 Å². The molecule has 0 aromatic carbocycles. The van der Waals surface area contributed by atoms with Gasteiger partial charge in [-0.2, -0.15) is 0 Å². The van der Waals surface area contributed by atoms with Crippen LogP contribution < -0.4 is 5.73 Å². The Kier molecular flexibility index (Phi) is 9.08. The van der Waals surface area contributed by atoms with Crippen LogP contribution in [0.15, 0.2) is 0 Å². The molecule has 15 heavy (non-hydrogen) atoms. The van der Waals surface area contributed by atoms with Gasteiger partial charge in [0.1, 0.15) is 0 Å². The number of carbonyl (C=O) groups excluding carboxylic acids is 2. The lowest BCUT2D eigenvalue weighted by molar-refractivity contribution is -0.156. The highest BCUT2D eigenvalue weighted by molar-refractivity contribution is 5.82. The van der Waals surface area contributed by atoms with E-state index in [1.807, 2.05) is 0 Å². The first-order chi connectivity index (χ1) is 6.81. The highest BCUT2D eigenvalue weighted by atomic mass is 16.6. The zero-order valence-corrected chi connectivity index (χ0v) is 8.77. The summed E-state index contributed by atoms with van der Waals surface area (Å²) in [5.74, 6) is -1.12. The molecule has 90 valence electrons. The van der Waals surface area contributed by atoms with Gasteiger partial charge in [-0.1, -0.05) is 0 Å². The first-order valence-electron chi connectivity index (χ1n) is 4.11. The molecule has 0 atom stereocenters. The van der Waals surface area contributed by atoms with Gasteiger partial charge in [-0.05, 0) is 0 Å². The average molecular weight is 223 g/mol. The minimum atomic E-state index is -1.21. The van der Waals surface area contributed by atoms with Crippen molar-refractivity contribution in [3.05, 3.63) is 0 Å². The Hall–Kier alpha value is -1.02. The predicted octanol–water partition coefficient (Wildman–Crippen LogP) is -2.24. The van der Waals surface area contributed by atoms with Gasteiger partial charge in [0.05, 0.1) is 25.4 Å². The number of aliphatic hydroxyl groups excluding tert-OH is 3. The number of rotatable bonds is 3. The standard InChI is InChI=1S/C4H11NO3.C4H6O3/c5-4(1-6,2-7)3-8;1-3(5)7-4(2)6/h6-8H,1-3,5H2;1-2H3. The maximum atomic E-state index is 9.81. The van der Waals surface area contributed by atoms with Gasteiger partial charge in [-0.25, -0.2) is 0 Å². The summed E-state index contributed by atoms with van der Waals surface area (Å²) in [5, 5.41) is 25.0. The normalized spacial score (nSPS) is 10.0. The lowest BCUT2D eigenvalue weighted by atomic mass is 10.1. The number of carbonyl (C=O) groups is 2. The van der Waals surface area contributed by atoms with Crippen LogP contribution in [0, 0.1) is 0 Å². The van der Waals surface area contributed by atoms with E-state index in [9.17, 15) is 9.59 Å². The van der Waals surface area contributed by atoms with Crippen LogP contribution in [-0.4, -0.2) is 52.6 Å².